The highest BCUT2D eigenvalue weighted by Crippen LogP contribution is 2.38. The first-order valence-electron chi connectivity index (χ1n) is 13.8. The minimum absolute atomic E-state index is 0. The number of benzene rings is 1. The van der Waals surface area contributed by atoms with Gasteiger partial charge in [-0.25, -0.2) is 24.1 Å². The molecule has 0 saturated carbocycles. The Morgan fingerprint density at radius 3 is 2.51 bits per heavy atom. The van der Waals surface area contributed by atoms with Crippen LogP contribution in [0.15, 0.2) is 24.3 Å². The summed E-state index contributed by atoms with van der Waals surface area (Å²) in [5.41, 5.74) is -0.684. The van der Waals surface area contributed by atoms with Gasteiger partial charge in [-0.1, -0.05) is 18.8 Å². The van der Waals surface area contributed by atoms with Gasteiger partial charge in [0.15, 0.2) is 5.13 Å². The van der Waals surface area contributed by atoms with E-state index >= 15 is 0 Å². The number of alkyl halides is 3. The van der Waals surface area contributed by atoms with Gasteiger partial charge in [-0.2, -0.15) is 13.2 Å². The molecule has 0 bridgehead atoms. The van der Waals surface area contributed by atoms with Crippen LogP contribution in [0.2, 0.25) is 0 Å². The number of aromatic nitrogens is 3. The first kappa shape index (κ1) is 32.6. The Hall–Kier alpha value is -3.36. The molecule has 1 atom stereocenters. The summed E-state index contributed by atoms with van der Waals surface area (Å²) in [4.78, 5) is 29.5. The van der Waals surface area contributed by atoms with Crippen LogP contribution in [0, 0.1) is 12.7 Å². The molecule has 2 aromatic heterocycles. The molecule has 4 heterocycles. The van der Waals surface area contributed by atoms with Gasteiger partial charge in [0, 0.05) is 42.2 Å². The van der Waals surface area contributed by atoms with Crippen LogP contribution in [0.25, 0.3) is 11.3 Å². The smallest absolute Gasteiger partial charge is 0.416 e. The van der Waals surface area contributed by atoms with E-state index in [2.05, 4.69) is 37.0 Å². The van der Waals surface area contributed by atoms with Crippen LogP contribution in [0.5, 0.6) is 0 Å². The summed E-state index contributed by atoms with van der Waals surface area (Å²) < 4.78 is 60.3. The van der Waals surface area contributed by atoms with Crippen molar-refractivity contribution in [2.24, 2.45) is 0 Å². The van der Waals surface area contributed by atoms with Crippen LogP contribution >= 0.6 is 11.3 Å². The summed E-state index contributed by atoms with van der Waals surface area (Å²) in [6.45, 7) is 6.15. The van der Waals surface area contributed by atoms with E-state index in [9.17, 15) is 22.4 Å². The molecule has 0 aliphatic carbocycles. The number of carboxylic acid groups (broad SMARTS) is 1. The van der Waals surface area contributed by atoms with E-state index in [-0.39, 0.29) is 25.7 Å². The Labute approximate surface area is 251 Å². The van der Waals surface area contributed by atoms with Crippen molar-refractivity contribution < 1.29 is 32.2 Å². The lowest BCUT2D eigenvalue weighted by Gasteiger charge is -2.32. The van der Waals surface area contributed by atoms with Gasteiger partial charge in [0.2, 0.25) is 0 Å². The van der Waals surface area contributed by atoms with Crippen molar-refractivity contribution in [2.75, 3.05) is 36.5 Å². The average molecular weight is 625 g/mol. The number of anilines is 3. The molecule has 0 spiro atoms. The zero-order valence-electron chi connectivity index (χ0n) is 23.2. The third-order valence-corrected chi connectivity index (χ3v) is 8.46. The second-order valence-corrected chi connectivity index (χ2v) is 11.7. The van der Waals surface area contributed by atoms with Gasteiger partial charge < -0.3 is 20.1 Å². The molecule has 2 fully saturated rings. The number of ether oxygens (including phenoxy) is 1. The second-order valence-electron chi connectivity index (χ2n) is 10.7. The van der Waals surface area contributed by atoms with Crippen LogP contribution in [0.3, 0.4) is 0 Å². The molecule has 9 nitrogen and oxygen atoms in total. The van der Waals surface area contributed by atoms with Crippen molar-refractivity contribution >= 4 is 34.1 Å². The summed E-state index contributed by atoms with van der Waals surface area (Å²) >= 11 is 1.31. The number of rotatable bonds is 9. The SMILES string of the molecule is C.Cc1nc(Nc2nc(-c3cc(F)cc(C(F)(F)F)c3)c(CN3CCC[C@H]3C)s2)cc(N2CCC(OCC(=O)O)CC2)n1. The van der Waals surface area contributed by atoms with E-state index in [0.717, 1.165) is 36.4 Å². The lowest BCUT2D eigenvalue weighted by atomic mass is 10.1. The first-order chi connectivity index (χ1) is 19.9. The number of nitrogens with one attached hydrogen (secondary N) is 1. The van der Waals surface area contributed by atoms with E-state index in [1.165, 1.54) is 11.3 Å². The molecule has 14 heteroatoms. The number of hydrogen-bond donors (Lipinski definition) is 2. The molecule has 2 aliphatic rings. The van der Waals surface area contributed by atoms with E-state index in [1.54, 1.807) is 13.0 Å². The van der Waals surface area contributed by atoms with Crippen molar-refractivity contribution in [3.05, 3.63) is 46.3 Å². The highest BCUT2D eigenvalue weighted by Gasteiger charge is 2.32. The summed E-state index contributed by atoms with van der Waals surface area (Å²) in [7, 11) is 0. The van der Waals surface area contributed by atoms with E-state index in [4.69, 9.17) is 9.84 Å². The Bertz CT molecular complexity index is 1430. The van der Waals surface area contributed by atoms with Crippen LogP contribution < -0.4 is 10.2 Å². The second kappa shape index (κ2) is 13.5. The van der Waals surface area contributed by atoms with E-state index < -0.39 is 23.5 Å². The molecule has 0 radical (unpaired) electrons. The Morgan fingerprint density at radius 1 is 1.12 bits per heavy atom. The summed E-state index contributed by atoms with van der Waals surface area (Å²) in [6, 6.07) is 4.61. The molecule has 3 aromatic rings. The lowest BCUT2D eigenvalue weighted by molar-refractivity contribution is -0.144. The van der Waals surface area contributed by atoms with Crippen molar-refractivity contribution in [3.63, 3.8) is 0 Å². The van der Waals surface area contributed by atoms with Crippen LogP contribution in [0.1, 0.15) is 56.3 Å². The molecule has 1 aromatic carbocycles. The van der Waals surface area contributed by atoms with Gasteiger partial charge in [-0.15, -0.1) is 0 Å². The number of aryl methyl sites for hydroxylation is 1. The maximum absolute atomic E-state index is 14.4. The minimum atomic E-state index is -4.69. The molecule has 2 aliphatic heterocycles. The molecular formula is C29H36F4N6O3S. The quantitative estimate of drug-likeness (QED) is 0.258. The Balaban J connectivity index is 0.00000423. The maximum Gasteiger partial charge on any atom is 0.416 e. The molecule has 43 heavy (non-hydrogen) atoms. The number of likely N-dealkylation sites (tertiary alicyclic amines) is 1. The zero-order valence-corrected chi connectivity index (χ0v) is 24.1. The number of aliphatic carboxylic acids is 1. The fourth-order valence-corrected chi connectivity index (χ4v) is 6.38. The minimum Gasteiger partial charge on any atom is -0.480 e. The lowest BCUT2D eigenvalue weighted by Crippen LogP contribution is -2.38. The molecule has 0 amide bonds. The summed E-state index contributed by atoms with van der Waals surface area (Å²) in [5.74, 6) is -0.304. The number of piperidine rings is 1. The van der Waals surface area contributed by atoms with Gasteiger partial charge in [0.1, 0.15) is 29.9 Å². The van der Waals surface area contributed by atoms with Gasteiger partial charge in [-0.3, -0.25) is 4.90 Å². The van der Waals surface area contributed by atoms with Crippen molar-refractivity contribution in [1.29, 1.82) is 0 Å². The fourth-order valence-electron chi connectivity index (χ4n) is 5.37. The third-order valence-electron chi connectivity index (χ3n) is 7.50. The number of nitrogens with zero attached hydrogens (tertiary/aromatic N) is 5. The van der Waals surface area contributed by atoms with Gasteiger partial charge >= 0.3 is 12.1 Å². The normalized spacial score (nSPS) is 18.1. The standard InChI is InChI=1S/C28H32F4N6O3S.CH4/c1-16-4-3-7-38(16)14-22-26(18-10-19(28(30,31)32)12-20(29)11-18)36-27(42-22)35-23-13-24(34-17(2)33-23)37-8-5-21(6-9-37)41-15-25(39)40;/h10-13,16,21H,3-9,14-15H2,1-2H3,(H,39,40)(H,33,34,35,36);1H4/t16-;/m1./s1. The van der Waals surface area contributed by atoms with Crippen LogP contribution in [0.4, 0.5) is 34.3 Å². The molecular weight excluding hydrogens is 588 g/mol. The van der Waals surface area contributed by atoms with Gasteiger partial charge in [0.25, 0.3) is 0 Å². The summed E-state index contributed by atoms with van der Waals surface area (Å²) in [5, 5.41) is 12.5. The van der Waals surface area contributed by atoms with Gasteiger partial charge in [-0.05, 0) is 64.3 Å². The molecule has 2 N–H and O–H groups in total. The third kappa shape index (κ3) is 8.18. The molecule has 2 saturated heterocycles. The predicted octanol–water partition coefficient (Wildman–Crippen LogP) is 6.50. The average Bonchev–Trinajstić information content (AvgIpc) is 3.52. The Morgan fingerprint density at radius 2 is 1.86 bits per heavy atom. The first-order valence-corrected chi connectivity index (χ1v) is 14.6. The number of carbonyl (C=O) groups is 1. The highest BCUT2D eigenvalue weighted by atomic mass is 32.1. The highest BCUT2D eigenvalue weighted by molar-refractivity contribution is 7.16. The molecule has 0 unspecified atom stereocenters. The van der Waals surface area contributed by atoms with E-state index in [1.807, 2.05) is 0 Å². The monoisotopic (exact) mass is 624 g/mol. The van der Waals surface area contributed by atoms with Crippen LogP contribution in [-0.4, -0.2) is 69.3 Å². The Kier molecular flexibility index (Phi) is 10.2. The number of thiazole rings is 1. The summed E-state index contributed by atoms with van der Waals surface area (Å²) in [6.07, 6.45) is -1.46. The van der Waals surface area contributed by atoms with Gasteiger partial charge in [0.05, 0.1) is 17.4 Å². The molecule has 5 rings (SSSR count). The fraction of sp³-hybridized carbons (Fsp3) is 0.517. The van der Waals surface area contributed by atoms with Crippen molar-refractivity contribution in [2.45, 2.75) is 71.8 Å². The molecule has 234 valence electrons. The van der Waals surface area contributed by atoms with Crippen molar-refractivity contribution in [1.82, 2.24) is 19.9 Å². The maximum atomic E-state index is 14.4. The van der Waals surface area contributed by atoms with E-state index in [0.29, 0.717) is 72.9 Å². The topological polar surface area (TPSA) is 104 Å². The van der Waals surface area contributed by atoms with Crippen molar-refractivity contribution in [3.8, 4) is 11.3 Å². The number of halogens is 4. The predicted molar refractivity (Wildman–Crippen MR) is 157 cm³/mol. The van der Waals surface area contributed by atoms with Crippen LogP contribution in [-0.2, 0) is 22.3 Å². The zero-order chi connectivity index (χ0) is 30.0. The number of carboxylic acids is 1. The largest absolute Gasteiger partial charge is 0.480 e. The number of hydrogen-bond acceptors (Lipinski definition) is 9.